The van der Waals surface area contributed by atoms with E-state index in [-0.39, 0.29) is 5.91 Å². The molecule has 82 valence electrons. The van der Waals surface area contributed by atoms with E-state index < -0.39 is 0 Å². The van der Waals surface area contributed by atoms with Gasteiger partial charge in [0.1, 0.15) is 0 Å². The fourth-order valence-corrected chi connectivity index (χ4v) is 1.43. The number of hydrogen-bond donors (Lipinski definition) is 2. The lowest BCUT2D eigenvalue weighted by Crippen LogP contribution is -2.13. The van der Waals surface area contributed by atoms with Crippen LogP contribution in [0.5, 0.6) is 0 Å². The molecule has 1 amide bonds. The summed E-state index contributed by atoms with van der Waals surface area (Å²) in [7, 11) is 0. The third-order valence-corrected chi connectivity index (χ3v) is 2.51. The summed E-state index contributed by atoms with van der Waals surface area (Å²) in [6, 6.07) is 3.78. The van der Waals surface area contributed by atoms with Crippen molar-refractivity contribution < 1.29 is 4.79 Å². The van der Waals surface area contributed by atoms with Crippen LogP contribution in [0.4, 0.5) is 11.4 Å². The lowest BCUT2D eigenvalue weighted by Gasteiger charge is -2.12. The quantitative estimate of drug-likeness (QED) is 0.747. The minimum absolute atomic E-state index is 0.0258. The summed E-state index contributed by atoms with van der Waals surface area (Å²) in [6.45, 7) is 5.95. The Morgan fingerprint density at radius 2 is 2.07 bits per heavy atom. The van der Waals surface area contributed by atoms with E-state index in [1.807, 2.05) is 32.9 Å². The van der Waals surface area contributed by atoms with Gasteiger partial charge in [0, 0.05) is 6.42 Å². The van der Waals surface area contributed by atoms with Crippen molar-refractivity contribution in [1.29, 1.82) is 0 Å². The molecule has 3 nitrogen and oxygen atoms in total. The molecule has 0 saturated carbocycles. The summed E-state index contributed by atoms with van der Waals surface area (Å²) in [5, 5.41) is 2.86. The maximum Gasteiger partial charge on any atom is 0.224 e. The van der Waals surface area contributed by atoms with E-state index >= 15 is 0 Å². The molecule has 0 spiro atoms. The summed E-state index contributed by atoms with van der Waals surface area (Å²) in [6.07, 6.45) is 1.38. The Kier molecular flexibility index (Phi) is 3.72. The SMILES string of the molecule is CCCC(=O)Nc1c(N)ccc(C)c1C. The lowest BCUT2D eigenvalue weighted by atomic mass is 10.1. The van der Waals surface area contributed by atoms with E-state index in [4.69, 9.17) is 5.73 Å². The van der Waals surface area contributed by atoms with E-state index in [9.17, 15) is 4.79 Å². The smallest absolute Gasteiger partial charge is 0.224 e. The van der Waals surface area contributed by atoms with Crippen LogP contribution in [0.1, 0.15) is 30.9 Å². The molecule has 0 heterocycles. The minimum atomic E-state index is 0.0258. The minimum Gasteiger partial charge on any atom is -0.397 e. The van der Waals surface area contributed by atoms with E-state index in [1.165, 1.54) is 0 Å². The summed E-state index contributed by atoms with van der Waals surface area (Å²) >= 11 is 0. The number of carbonyl (C=O) groups excluding carboxylic acids is 1. The Hall–Kier alpha value is -1.51. The van der Waals surface area contributed by atoms with Crippen LogP contribution in [-0.2, 0) is 4.79 Å². The van der Waals surface area contributed by atoms with Crippen LogP contribution in [0.15, 0.2) is 12.1 Å². The monoisotopic (exact) mass is 206 g/mol. The first-order valence-electron chi connectivity index (χ1n) is 5.21. The summed E-state index contributed by atoms with van der Waals surface area (Å²) in [5.74, 6) is 0.0258. The van der Waals surface area contributed by atoms with Gasteiger partial charge in [0.05, 0.1) is 11.4 Å². The molecule has 0 aliphatic rings. The molecule has 3 heteroatoms. The van der Waals surface area contributed by atoms with E-state index in [2.05, 4.69) is 5.32 Å². The van der Waals surface area contributed by atoms with E-state index in [0.717, 1.165) is 23.2 Å². The van der Waals surface area contributed by atoms with Crippen LogP contribution in [0.3, 0.4) is 0 Å². The maximum atomic E-state index is 11.5. The number of carbonyl (C=O) groups is 1. The second-order valence-corrected chi connectivity index (χ2v) is 3.77. The molecule has 0 aromatic heterocycles. The summed E-state index contributed by atoms with van der Waals surface area (Å²) in [5.41, 5.74) is 9.38. The number of anilines is 2. The van der Waals surface area contributed by atoms with Crippen LogP contribution >= 0.6 is 0 Å². The molecule has 0 radical (unpaired) electrons. The number of nitrogens with two attached hydrogens (primary N) is 1. The number of rotatable bonds is 3. The number of nitrogen functional groups attached to an aromatic ring is 1. The highest BCUT2D eigenvalue weighted by Gasteiger charge is 2.08. The van der Waals surface area contributed by atoms with Crippen molar-refractivity contribution in [3.63, 3.8) is 0 Å². The first-order chi connectivity index (χ1) is 7.06. The number of hydrogen-bond acceptors (Lipinski definition) is 2. The predicted molar refractivity (Wildman–Crippen MR) is 63.9 cm³/mol. The molecule has 0 bridgehead atoms. The van der Waals surface area contributed by atoms with Crippen molar-refractivity contribution in [3.05, 3.63) is 23.3 Å². The molecule has 0 saturated heterocycles. The summed E-state index contributed by atoms with van der Waals surface area (Å²) in [4.78, 5) is 11.5. The molecule has 0 aliphatic heterocycles. The Labute approximate surface area is 90.7 Å². The summed E-state index contributed by atoms with van der Waals surface area (Å²) < 4.78 is 0. The van der Waals surface area contributed by atoms with Crippen LogP contribution in [0.2, 0.25) is 0 Å². The van der Waals surface area contributed by atoms with Gasteiger partial charge < -0.3 is 11.1 Å². The molecule has 1 aromatic carbocycles. The average molecular weight is 206 g/mol. The van der Waals surface area contributed by atoms with Crippen molar-refractivity contribution >= 4 is 17.3 Å². The molecule has 0 aliphatic carbocycles. The topological polar surface area (TPSA) is 55.1 Å². The van der Waals surface area contributed by atoms with Crippen molar-refractivity contribution in [1.82, 2.24) is 0 Å². The van der Waals surface area contributed by atoms with Crippen molar-refractivity contribution in [3.8, 4) is 0 Å². The molecule has 1 rings (SSSR count). The van der Waals surface area contributed by atoms with Crippen LogP contribution in [-0.4, -0.2) is 5.91 Å². The second kappa shape index (κ2) is 4.82. The maximum absolute atomic E-state index is 11.5. The first kappa shape index (κ1) is 11.6. The number of nitrogens with one attached hydrogen (secondary N) is 1. The van der Waals surface area contributed by atoms with Gasteiger partial charge in [0.15, 0.2) is 0 Å². The highest BCUT2D eigenvalue weighted by molar-refractivity contribution is 5.95. The largest absolute Gasteiger partial charge is 0.397 e. The lowest BCUT2D eigenvalue weighted by molar-refractivity contribution is -0.116. The normalized spacial score (nSPS) is 10.1. The molecule has 0 unspecified atom stereocenters. The molecule has 0 fully saturated rings. The molecule has 3 N–H and O–H groups in total. The van der Waals surface area contributed by atoms with E-state index in [1.54, 1.807) is 0 Å². The molecular weight excluding hydrogens is 188 g/mol. The van der Waals surface area contributed by atoms with Gasteiger partial charge in [-0.25, -0.2) is 0 Å². The van der Waals surface area contributed by atoms with Gasteiger partial charge in [-0.05, 0) is 37.5 Å². The fourth-order valence-electron chi connectivity index (χ4n) is 1.43. The van der Waals surface area contributed by atoms with Crippen molar-refractivity contribution in [2.24, 2.45) is 0 Å². The van der Waals surface area contributed by atoms with Crippen LogP contribution in [0, 0.1) is 13.8 Å². The van der Waals surface area contributed by atoms with Crippen molar-refractivity contribution in [2.75, 3.05) is 11.1 Å². The van der Waals surface area contributed by atoms with E-state index in [0.29, 0.717) is 12.1 Å². The van der Waals surface area contributed by atoms with Gasteiger partial charge in [-0.2, -0.15) is 0 Å². The molecule has 15 heavy (non-hydrogen) atoms. The Balaban J connectivity index is 2.93. The predicted octanol–water partition coefficient (Wildman–Crippen LogP) is 2.62. The van der Waals surface area contributed by atoms with Gasteiger partial charge in [-0.15, -0.1) is 0 Å². The highest BCUT2D eigenvalue weighted by atomic mass is 16.1. The van der Waals surface area contributed by atoms with Gasteiger partial charge >= 0.3 is 0 Å². The molecule has 1 aromatic rings. The Morgan fingerprint density at radius 3 is 2.67 bits per heavy atom. The van der Waals surface area contributed by atoms with Crippen LogP contribution < -0.4 is 11.1 Å². The van der Waals surface area contributed by atoms with Crippen molar-refractivity contribution in [2.45, 2.75) is 33.6 Å². The zero-order chi connectivity index (χ0) is 11.4. The standard InChI is InChI=1S/C12H18N2O/c1-4-5-11(15)14-12-9(3)8(2)6-7-10(12)13/h6-7H,4-5,13H2,1-3H3,(H,14,15). The second-order valence-electron chi connectivity index (χ2n) is 3.77. The highest BCUT2D eigenvalue weighted by Crippen LogP contribution is 2.25. The molecule has 0 atom stereocenters. The number of benzene rings is 1. The Morgan fingerprint density at radius 1 is 1.40 bits per heavy atom. The third kappa shape index (κ3) is 2.72. The molecular formula is C12H18N2O. The zero-order valence-corrected chi connectivity index (χ0v) is 9.55. The fraction of sp³-hybridized carbons (Fsp3) is 0.417. The van der Waals surface area contributed by atoms with Crippen LogP contribution in [0.25, 0.3) is 0 Å². The Bertz CT molecular complexity index is 372. The van der Waals surface area contributed by atoms with Gasteiger partial charge in [0.2, 0.25) is 5.91 Å². The van der Waals surface area contributed by atoms with Gasteiger partial charge in [-0.1, -0.05) is 13.0 Å². The number of amides is 1. The first-order valence-corrected chi connectivity index (χ1v) is 5.21. The van der Waals surface area contributed by atoms with Gasteiger partial charge in [0.25, 0.3) is 0 Å². The van der Waals surface area contributed by atoms with Gasteiger partial charge in [-0.3, -0.25) is 4.79 Å². The number of aryl methyl sites for hydroxylation is 1. The third-order valence-electron chi connectivity index (χ3n) is 2.51. The zero-order valence-electron chi connectivity index (χ0n) is 9.55. The average Bonchev–Trinajstić information content (AvgIpc) is 2.19.